The molecule has 0 radical (unpaired) electrons. The first-order valence-electron chi connectivity index (χ1n) is 11.8. The van der Waals surface area contributed by atoms with Crippen LogP contribution in [0.1, 0.15) is 59.1 Å². The topological polar surface area (TPSA) is 122 Å². The van der Waals surface area contributed by atoms with Crippen LogP contribution in [0.3, 0.4) is 0 Å². The zero-order valence-electron chi connectivity index (χ0n) is 19.3. The molecule has 0 aromatic heterocycles. The van der Waals surface area contributed by atoms with Gasteiger partial charge >= 0.3 is 5.97 Å². The molecule has 1 fully saturated rings. The van der Waals surface area contributed by atoms with Gasteiger partial charge in [0, 0.05) is 17.6 Å². The van der Waals surface area contributed by atoms with E-state index in [2.05, 4.69) is 4.72 Å². The molecule has 9 nitrogen and oxygen atoms in total. The Morgan fingerprint density at radius 1 is 1.06 bits per heavy atom. The van der Waals surface area contributed by atoms with Gasteiger partial charge in [-0.05, 0) is 42.2 Å². The van der Waals surface area contributed by atoms with Crippen molar-refractivity contribution in [1.29, 1.82) is 0 Å². The Kier molecular flexibility index (Phi) is 6.18. The van der Waals surface area contributed by atoms with Gasteiger partial charge in [0.1, 0.15) is 19.1 Å². The van der Waals surface area contributed by atoms with E-state index in [0.29, 0.717) is 54.2 Å². The van der Waals surface area contributed by atoms with Crippen molar-refractivity contribution in [2.24, 2.45) is 0 Å². The molecule has 1 saturated carbocycles. The number of nitrogens with zero attached hydrogens (tertiary/aromatic N) is 1. The number of carbonyl (C=O) groups is 2. The molecule has 0 saturated heterocycles. The van der Waals surface area contributed by atoms with E-state index in [1.807, 2.05) is 0 Å². The Labute approximate surface area is 204 Å². The van der Waals surface area contributed by atoms with Crippen LogP contribution in [0.5, 0.6) is 11.5 Å². The second-order valence-electron chi connectivity index (χ2n) is 9.31. The third-order valence-electron chi connectivity index (χ3n) is 7.00. The smallest absolute Gasteiger partial charge is 0.313 e. The average Bonchev–Trinajstić information content (AvgIpc) is 2.83. The summed E-state index contributed by atoms with van der Waals surface area (Å²) in [7, 11) is -3.54. The number of carboxylic acid groups (broad SMARTS) is 1. The first-order chi connectivity index (χ1) is 16.7. The van der Waals surface area contributed by atoms with E-state index in [0.717, 1.165) is 19.1 Å². The van der Waals surface area contributed by atoms with E-state index in [1.165, 1.54) is 0 Å². The van der Waals surface area contributed by atoms with E-state index < -0.39 is 40.0 Å². The van der Waals surface area contributed by atoms with Crippen molar-refractivity contribution >= 4 is 21.9 Å². The Morgan fingerprint density at radius 2 is 1.77 bits per heavy atom. The monoisotopic (exact) mass is 500 g/mol. The summed E-state index contributed by atoms with van der Waals surface area (Å²) in [5.74, 6) is -1.33. The Balaban J connectivity index is 1.68. The van der Waals surface area contributed by atoms with Gasteiger partial charge in [0.25, 0.3) is 5.91 Å². The quantitative estimate of drug-likeness (QED) is 0.647. The van der Waals surface area contributed by atoms with E-state index in [1.54, 1.807) is 47.4 Å². The van der Waals surface area contributed by atoms with Gasteiger partial charge in [-0.25, -0.2) is 13.1 Å². The molecular formula is C25H28N2O7S. The molecule has 4 unspecified atom stereocenters. The lowest BCUT2D eigenvalue weighted by Crippen LogP contribution is -2.58. The molecule has 2 aromatic carbocycles. The van der Waals surface area contributed by atoms with Crippen molar-refractivity contribution in [2.75, 3.05) is 19.5 Å². The maximum atomic E-state index is 14.0. The molecule has 0 spiro atoms. The van der Waals surface area contributed by atoms with Crippen molar-refractivity contribution in [1.82, 2.24) is 9.62 Å². The summed E-state index contributed by atoms with van der Waals surface area (Å²) in [6, 6.07) is 10.1. The number of carbonyl (C=O) groups excluding carboxylic acids is 1. The fourth-order valence-electron chi connectivity index (χ4n) is 5.64. The Hall–Kier alpha value is -3.11. The third-order valence-corrected chi connectivity index (χ3v) is 7.73. The van der Waals surface area contributed by atoms with Gasteiger partial charge < -0.3 is 19.5 Å². The van der Waals surface area contributed by atoms with Crippen LogP contribution in [-0.4, -0.2) is 61.9 Å². The highest BCUT2D eigenvalue weighted by atomic mass is 32.2. The SMILES string of the molecule is CS(=O)(=O)NC1CCCCC1N1C(=O)c2ccccc2C(C(=O)O)C1c1ccc2c(c1)OCCO2. The van der Waals surface area contributed by atoms with E-state index in [-0.39, 0.29) is 5.91 Å². The maximum Gasteiger partial charge on any atom is 0.313 e. The van der Waals surface area contributed by atoms with Crippen LogP contribution in [0.25, 0.3) is 0 Å². The molecule has 0 bridgehead atoms. The molecule has 5 rings (SSSR count). The molecule has 2 N–H and O–H groups in total. The van der Waals surface area contributed by atoms with Crippen LogP contribution in [0.4, 0.5) is 0 Å². The zero-order chi connectivity index (χ0) is 24.7. The highest BCUT2D eigenvalue weighted by Crippen LogP contribution is 2.47. The molecule has 10 heteroatoms. The summed E-state index contributed by atoms with van der Waals surface area (Å²) in [5, 5.41) is 10.4. The predicted octanol–water partition coefficient (Wildman–Crippen LogP) is 2.68. The van der Waals surface area contributed by atoms with Crippen LogP contribution < -0.4 is 14.2 Å². The average molecular weight is 501 g/mol. The minimum absolute atomic E-state index is 0.301. The fraction of sp³-hybridized carbons (Fsp3) is 0.440. The van der Waals surface area contributed by atoms with Gasteiger partial charge in [-0.1, -0.05) is 37.1 Å². The van der Waals surface area contributed by atoms with Gasteiger partial charge in [-0.15, -0.1) is 0 Å². The Bertz CT molecular complexity index is 1260. The van der Waals surface area contributed by atoms with Crippen LogP contribution in [-0.2, 0) is 14.8 Å². The summed E-state index contributed by atoms with van der Waals surface area (Å²) < 4.78 is 38.4. The highest BCUT2D eigenvalue weighted by molar-refractivity contribution is 7.88. The minimum Gasteiger partial charge on any atom is -0.486 e. The molecule has 1 amide bonds. The van der Waals surface area contributed by atoms with Crippen molar-refractivity contribution < 1.29 is 32.6 Å². The third kappa shape index (κ3) is 4.48. The number of aliphatic carboxylic acids is 1. The lowest BCUT2D eigenvalue weighted by molar-refractivity contribution is -0.141. The first kappa shape index (κ1) is 23.6. The van der Waals surface area contributed by atoms with Crippen molar-refractivity contribution in [3.63, 3.8) is 0 Å². The number of ether oxygens (including phenoxy) is 2. The normalized spacial score (nSPS) is 26.2. The van der Waals surface area contributed by atoms with Crippen molar-refractivity contribution in [2.45, 2.75) is 49.7 Å². The summed E-state index contributed by atoms with van der Waals surface area (Å²) in [5.41, 5.74) is 1.38. The zero-order valence-corrected chi connectivity index (χ0v) is 20.2. The van der Waals surface area contributed by atoms with E-state index in [4.69, 9.17) is 9.47 Å². The summed E-state index contributed by atoms with van der Waals surface area (Å²) in [6.07, 6.45) is 3.86. The summed E-state index contributed by atoms with van der Waals surface area (Å²) in [6.45, 7) is 0.796. The second kappa shape index (κ2) is 9.16. The summed E-state index contributed by atoms with van der Waals surface area (Å²) >= 11 is 0. The highest BCUT2D eigenvalue weighted by Gasteiger charge is 2.49. The maximum absolute atomic E-state index is 14.0. The standard InChI is InChI=1S/C25H28N2O7S/c1-35(31,32)26-18-8-4-5-9-19(18)27-23(15-10-11-20-21(14-15)34-13-12-33-20)22(25(29)30)16-6-2-3-7-17(16)24(27)28/h2-3,6-7,10-11,14,18-19,22-23,26H,4-5,8-9,12-13H2,1H3,(H,29,30). The molecule has 186 valence electrons. The molecular weight excluding hydrogens is 472 g/mol. The lowest BCUT2D eigenvalue weighted by Gasteiger charge is -2.48. The number of nitrogens with one attached hydrogen (secondary N) is 1. The van der Waals surface area contributed by atoms with E-state index >= 15 is 0 Å². The number of amides is 1. The summed E-state index contributed by atoms with van der Waals surface area (Å²) in [4.78, 5) is 28.3. The molecule has 35 heavy (non-hydrogen) atoms. The second-order valence-corrected chi connectivity index (χ2v) is 11.1. The van der Waals surface area contributed by atoms with Crippen molar-refractivity contribution in [3.05, 3.63) is 59.2 Å². The predicted molar refractivity (Wildman–Crippen MR) is 127 cm³/mol. The number of hydrogen-bond donors (Lipinski definition) is 2. The van der Waals surface area contributed by atoms with Gasteiger partial charge in [-0.2, -0.15) is 0 Å². The molecule has 2 heterocycles. The molecule has 2 aliphatic heterocycles. The number of fused-ring (bicyclic) bond motifs is 2. The number of hydrogen-bond acceptors (Lipinski definition) is 6. The number of carboxylic acids is 1. The number of rotatable bonds is 5. The van der Waals surface area contributed by atoms with Crippen LogP contribution in [0, 0.1) is 0 Å². The largest absolute Gasteiger partial charge is 0.486 e. The molecule has 4 atom stereocenters. The van der Waals surface area contributed by atoms with Gasteiger partial charge in [0.2, 0.25) is 10.0 Å². The van der Waals surface area contributed by atoms with Gasteiger partial charge in [0.15, 0.2) is 11.5 Å². The van der Waals surface area contributed by atoms with Crippen LogP contribution in [0.2, 0.25) is 0 Å². The minimum atomic E-state index is -3.54. The van der Waals surface area contributed by atoms with Gasteiger partial charge in [0.05, 0.1) is 12.3 Å². The fourth-order valence-corrected chi connectivity index (χ4v) is 6.46. The first-order valence-corrected chi connectivity index (χ1v) is 13.6. The number of benzene rings is 2. The lowest BCUT2D eigenvalue weighted by atomic mass is 9.77. The molecule has 2 aromatic rings. The Morgan fingerprint density at radius 3 is 2.51 bits per heavy atom. The number of sulfonamides is 1. The molecule has 1 aliphatic carbocycles. The van der Waals surface area contributed by atoms with Crippen LogP contribution in [0.15, 0.2) is 42.5 Å². The van der Waals surface area contributed by atoms with Crippen molar-refractivity contribution in [3.8, 4) is 11.5 Å². The molecule has 3 aliphatic rings. The van der Waals surface area contributed by atoms with Gasteiger partial charge in [-0.3, -0.25) is 9.59 Å². The van der Waals surface area contributed by atoms with Crippen LogP contribution >= 0.6 is 0 Å². The van der Waals surface area contributed by atoms with E-state index in [9.17, 15) is 23.1 Å².